The fraction of sp³-hybridized carbons (Fsp3) is 0.0800. The van der Waals surface area contributed by atoms with E-state index in [4.69, 9.17) is 4.74 Å². The summed E-state index contributed by atoms with van der Waals surface area (Å²) in [7, 11) is 1.58. The van der Waals surface area contributed by atoms with E-state index in [9.17, 15) is 4.79 Å². The highest BCUT2D eigenvalue weighted by Gasteiger charge is 2.12. The van der Waals surface area contributed by atoms with Gasteiger partial charge in [-0.25, -0.2) is 9.50 Å². The van der Waals surface area contributed by atoms with Gasteiger partial charge in [0.25, 0.3) is 5.91 Å². The smallest absolute Gasteiger partial charge is 0.255 e. The second-order valence-electron chi connectivity index (χ2n) is 7.35. The summed E-state index contributed by atoms with van der Waals surface area (Å²) in [6, 6.07) is 23.2. The first-order valence-corrected chi connectivity index (χ1v) is 9.92. The Kier molecular flexibility index (Phi) is 4.59. The molecule has 152 valence electrons. The quantitative estimate of drug-likeness (QED) is 0.448. The maximum atomic E-state index is 12.9. The van der Waals surface area contributed by atoms with Crippen molar-refractivity contribution in [3.63, 3.8) is 0 Å². The first-order chi connectivity index (χ1) is 15.1. The number of aromatic nitrogens is 3. The van der Waals surface area contributed by atoms with E-state index in [-0.39, 0.29) is 5.91 Å². The number of fused-ring (bicyclic) bond motifs is 2. The number of methoxy groups -OCH3 is 1. The highest BCUT2D eigenvalue weighted by atomic mass is 16.5. The van der Waals surface area contributed by atoms with Crippen molar-refractivity contribution in [3.8, 4) is 17.1 Å². The number of hydrogen-bond donors (Lipinski definition) is 1. The summed E-state index contributed by atoms with van der Waals surface area (Å²) in [5, 5.41) is 9.54. The number of hydrogen-bond acceptors (Lipinski definition) is 4. The summed E-state index contributed by atoms with van der Waals surface area (Å²) in [5.41, 5.74) is 4.72. The van der Waals surface area contributed by atoms with Crippen LogP contribution in [0.5, 0.6) is 5.88 Å². The van der Waals surface area contributed by atoms with Gasteiger partial charge in [-0.2, -0.15) is 0 Å². The van der Waals surface area contributed by atoms with Gasteiger partial charge < -0.3 is 10.1 Å². The number of benzene rings is 3. The van der Waals surface area contributed by atoms with Crippen molar-refractivity contribution in [2.24, 2.45) is 0 Å². The number of imidazole rings is 1. The van der Waals surface area contributed by atoms with Crippen LogP contribution in [0.2, 0.25) is 0 Å². The number of aryl methyl sites for hydroxylation is 1. The molecular weight excluding hydrogens is 388 g/mol. The number of anilines is 1. The lowest BCUT2D eigenvalue weighted by Crippen LogP contribution is -2.12. The molecule has 31 heavy (non-hydrogen) atoms. The minimum Gasteiger partial charge on any atom is -0.480 e. The molecule has 0 atom stereocenters. The largest absolute Gasteiger partial charge is 0.480 e. The number of nitrogens with zero attached hydrogens (tertiary/aromatic N) is 3. The molecule has 6 heteroatoms. The first-order valence-electron chi connectivity index (χ1n) is 9.92. The van der Waals surface area contributed by atoms with Gasteiger partial charge in [0.05, 0.1) is 19.0 Å². The molecule has 3 aromatic carbocycles. The van der Waals surface area contributed by atoms with Crippen LogP contribution in [0.1, 0.15) is 15.9 Å². The first kappa shape index (κ1) is 18.8. The number of carbonyl (C=O) groups is 1. The Hall–Kier alpha value is -4.19. The van der Waals surface area contributed by atoms with Crippen LogP contribution in [-0.2, 0) is 0 Å². The molecule has 1 amide bonds. The van der Waals surface area contributed by atoms with Crippen molar-refractivity contribution in [2.45, 2.75) is 6.92 Å². The number of ether oxygens (including phenoxy) is 1. The monoisotopic (exact) mass is 408 g/mol. The lowest BCUT2D eigenvalue weighted by molar-refractivity contribution is 0.102. The second-order valence-corrected chi connectivity index (χ2v) is 7.35. The molecule has 2 heterocycles. The van der Waals surface area contributed by atoms with E-state index in [2.05, 4.69) is 15.4 Å². The number of amides is 1. The van der Waals surface area contributed by atoms with Gasteiger partial charge in [-0.05, 0) is 47.5 Å². The van der Waals surface area contributed by atoms with Crippen molar-refractivity contribution < 1.29 is 9.53 Å². The normalized spacial score (nSPS) is 11.0. The van der Waals surface area contributed by atoms with Gasteiger partial charge in [0.15, 0.2) is 5.65 Å². The molecular formula is C25H20N4O2. The third-order valence-electron chi connectivity index (χ3n) is 5.30. The maximum Gasteiger partial charge on any atom is 0.255 e. The molecule has 6 nitrogen and oxygen atoms in total. The van der Waals surface area contributed by atoms with Gasteiger partial charge >= 0.3 is 0 Å². The predicted molar refractivity (Wildman–Crippen MR) is 122 cm³/mol. The summed E-state index contributed by atoms with van der Waals surface area (Å²) in [4.78, 5) is 17.5. The third-order valence-corrected chi connectivity index (χ3v) is 5.30. The molecule has 5 rings (SSSR count). The summed E-state index contributed by atoms with van der Waals surface area (Å²) in [6.07, 6.45) is 1.84. The highest BCUT2D eigenvalue weighted by molar-refractivity contribution is 6.07. The maximum absolute atomic E-state index is 12.9. The van der Waals surface area contributed by atoms with Crippen molar-refractivity contribution >= 4 is 28.0 Å². The molecule has 0 aliphatic rings. The second kappa shape index (κ2) is 7.57. The van der Waals surface area contributed by atoms with Crippen LogP contribution < -0.4 is 10.1 Å². The van der Waals surface area contributed by atoms with Gasteiger partial charge in [0, 0.05) is 22.9 Å². The van der Waals surface area contributed by atoms with E-state index in [1.165, 1.54) is 0 Å². The predicted octanol–water partition coefficient (Wildman–Crippen LogP) is 5.12. The molecule has 2 aromatic heterocycles. The lowest BCUT2D eigenvalue weighted by Gasteiger charge is -2.10. The SMILES string of the molecule is COc1ccc2nc(-c3ccc(C)c(NC(=O)c4ccc5ccccc5c4)c3)cn2n1. The minimum absolute atomic E-state index is 0.146. The fourth-order valence-corrected chi connectivity index (χ4v) is 3.55. The Morgan fingerprint density at radius 3 is 2.65 bits per heavy atom. The van der Waals surface area contributed by atoms with E-state index in [1.54, 1.807) is 17.7 Å². The molecule has 0 unspecified atom stereocenters. The molecule has 0 aliphatic carbocycles. The average Bonchev–Trinajstić information content (AvgIpc) is 3.23. The van der Waals surface area contributed by atoms with Gasteiger partial charge in [-0.15, -0.1) is 5.10 Å². The molecule has 0 saturated heterocycles. The Balaban J connectivity index is 1.46. The number of carbonyl (C=O) groups excluding carboxylic acids is 1. The van der Waals surface area contributed by atoms with E-state index in [0.29, 0.717) is 11.4 Å². The van der Waals surface area contributed by atoms with Gasteiger partial charge in [0.1, 0.15) is 0 Å². The molecule has 5 aromatic rings. The summed E-state index contributed by atoms with van der Waals surface area (Å²) < 4.78 is 6.86. The average molecular weight is 408 g/mol. The summed E-state index contributed by atoms with van der Waals surface area (Å²) >= 11 is 0. The van der Waals surface area contributed by atoms with E-state index in [0.717, 1.165) is 38.9 Å². The zero-order valence-corrected chi connectivity index (χ0v) is 17.2. The molecule has 0 aliphatic heterocycles. The number of nitrogens with one attached hydrogen (secondary N) is 1. The molecule has 0 fully saturated rings. The zero-order valence-electron chi connectivity index (χ0n) is 17.2. The summed E-state index contributed by atoms with van der Waals surface area (Å²) in [6.45, 7) is 1.97. The van der Waals surface area contributed by atoms with E-state index < -0.39 is 0 Å². The Labute approximate surface area is 179 Å². The topological polar surface area (TPSA) is 68.5 Å². The standard InChI is InChI=1S/C25H20N4O2/c1-16-7-8-19(22-15-29-23(26-22)11-12-24(28-29)31-2)14-21(16)27-25(30)20-10-9-17-5-3-4-6-18(17)13-20/h3-15H,1-2H3,(H,27,30). The Morgan fingerprint density at radius 1 is 0.968 bits per heavy atom. The van der Waals surface area contributed by atoms with Crippen LogP contribution in [0.15, 0.2) is 79.0 Å². The zero-order chi connectivity index (χ0) is 21.4. The van der Waals surface area contributed by atoms with Crippen molar-refractivity contribution in [1.29, 1.82) is 0 Å². The van der Waals surface area contributed by atoms with Crippen LogP contribution in [0, 0.1) is 6.92 Å². The lowest BCUT2D eigenvalue weighted by atomic mass is 10.1. The van der Waals surface area contributed by atoms with Crippen LogP contribution in [0.3, 0.4) is 0 Å². The molecule has 0 bridgehead atoms. The van der Waals surface area contributed by atoms with Gasteiger partial charge in [0.2, 0.25) is 5.88 Å². The highest BCUT2D eigenvalue weighted by Crippen LogP contribution is 2.26. The van der Waals surface area contributed by atoms with Gasteiger partial charge in [-0.1, -0.05) is 42.5 Å². The fourth-order valence-electron chi connectivity index (χ4n) is 3.55. The van der Waals surface area contributed by atoms with E-state index in [1.807, 2.05) is 79.9 Å². The van der Waals surface area contributed by atoms with Crippen LogP contribution in [0.25, 0.3) is 27.7 Å². The molecule has 1 N–H and O–H groups in total. The van der Waals surface area contributed by atoms with Crippen molar-refractivity contribution in [2.75, 3.05) is 12.4 Å². The van der Waals surface area contributed by atoms with E-state index >= 15 is 0 Å². The van der Waals surface area contributed by atoms with Crippen molar-refractivity contribution in [3.05, 3.63) is 90.1 Å². The molecule has 0 radical (unpaired) electrons. The number of rotatable bonds is 4. The minimum atomic E-state index is -0.146. The van der Waals surface area contributed by atoms with Crippen LogP contribution in [-0.4, -0.2) is 27.6 Å². The molecule has 0 spiro atoms. The van der Waals surface area contributed by atoms with Crippen LogP contribution in [0.4, 0.5) is 5.69 Å². The summed E-state index contributed by atoms with van der Waals surface area (Å²) in [5.74, 6) is 0.371. The van der Waals surface area contributed by atoms with Gasteiger partial charge in [-0.3, -0.25) is 4.79 Å². The Morgan fingerprint density at radius 2 is 1.81 bits per heavy atom. The third kappa shape index (κ3) is 3.59. The van der Waals surface area contributed by atoms with Crippen molar-refractivity contribution in [1.82, 2.24) is 14.6 Å². The Bertz CT molecular complexity index is 1440. The molecule has 0 saturated carbocycles. The van der Waals surface area contributed by atoms with Crippen LogP contribution >= 0.6 is 0 Å².